The monoisotopic (exact) mass is 286 g/mol. The molecule has 0 bridgehead atoms. The molecule has 0 aliphatic carbocycles. The molecule has 108 valence electrons. The number of carboxylic acid groups (broad SMARTS) is 1. The molecule has 0 fully saturated rings. The van der Waals surface area contributed by atoms with Crippen molar-refractivity contribution in [3.63, 3.8) is 0 Å². The fraction of sp³-hybridized carbons (Fsp3) is 0.692. The van der Waals surface area contributed by atoms with Crippen molar-refractivity contribution in [1.82, 2.24) is 4.98 Å². The first-order valence-corrected chi connectivity index (χ1v) is 6.95. The Balaban J connectivity index is 3.08. The third kappa shape index (κ3) is 3.67. The van der Waals surface area contributed by atoms with E-state index in [-0.39, 0.29) is 22.9 Å². The van der Waals surface area contributed by atoms with Crippen LogP contribution < -0.4 is 4.90 Å². The lowest BCUT2D eigenvalue weighted by Crippen LogP contribution is -2.39. The van der Waals surface area contributed by atoms with Gasteiger partial charge in [-0.15, -0.1) is 0 Å². The number of carboxylic acids is 1. The smallest absolute Gasteiger partial charge is 0.347 e. The van der Waals surface area contributed by atoms with Crippen LogP contribution in [0.1, 0.15) is 43.1 Å². The fourth-order valence-electron chi connectivity index (χ4n) is 1.64. The number of ether oxygens (including phenoxy) is 1. The standard InChI is InChI=1S/C13H22N2O3S/c1-8(13(2,3)4)15(5)12-14-9(7-18-6)10(19-12)11(16)17/h8H,7H2,1-6H3,(H,16,17). The van der Waals surface area contributed by atoms with E-state index in [0.29, 0.717) is 10.8 Å². The van der Waals surface area contributed by atoms with Crippen molar-refractivity contribution in [2.45, 2.75) is 40.3 Å². The lowest BCUT2D eigenvalue weighted by molar-refractivity contribution is 0.0697. The second-order valence-electron chi connectivity index (χ2n) is 5.66. The molecule has 1 heterocycles. The van der Waals surface area contributed by atoms with Crippen molar-refractivity contribution in [2.24, 2.45) is 5.41 Å². The van der Waals surface area contributed by atoms with Crippen LogP contribution in [0.5, 0.6) is 0 Å². The summed E-state index contributed by atoms with van der Waals surface area (Å²) in [4.78, 5) is 17.9. The van der Waals surface area contributed by atoms with E-state index in [2.05, 4.69) is 32.7 Å². The van der Waals surface area contributed by atoms with Gasteiger partial charge in [0.1, 0.15) is 4.88 Å². The van der Waals surface area contributed by atoms with Crippen LogP contribution in [0.3, 0.4) is 0 Å². The molecule has 5 nitrogen and oxygen atoms in total. The summed E-state index contributed by atoms with van der Waals surface area (Å²) in [6, 6.07) is 0.246. The largest absolute Gasteiger partial charge is 0.477 e. The highest BCUT2D eigenvalue weighted by Crippen LogP contribution is 2.32. The number of aromatic nitrogens is 1. The first kappa shape index (κ1) is 15.9. The molecule has 0 aliphatic heterocycles. The zero-order chi connectivity index (χ0) is 14.8. The molecule has 6 heteroatoms. The van der Waals surface area contributed by atoms with Crippen molar-refractivity contribution >= 4 is 22.4 Å². The van der Waals surface area contributed by atoms with Gasteiger partial charge in [-0.1, -0.05) is 32.1 Å². The Morgan fingerprint density at radius 2 is 2.11 bits per heavy atom. The normalized spacial score (nSPS) is 13.4. The van der Waals surface area contributed by atoms with Crippen LogP contribution in [0, 0.1) is 5.41 Å². The van der Waals surface area contributed by atoms with Gasteiger partial charge >= 0.3 is 5.97 Å². The summed E-state index contributed by atoms with van der Waals surface area (Å²) in [5, 5.41) is 9.90. The molecule has 1 atom stereocenters. The quantitative estimate of drug-likeness (QED) is 0.901. The molecular formula is C13H22N2O3S. The highest BCUT2D eigenvalue weighted by Gasteiger charge is 2.27. The number of hydrogen-bond donors (Lipinski definition) is 1. The van der Waals surface area contributed by atoms with Crippen molar-refractivity contribution in [3.8, 4) is 0 Å². The maximum absolute atomic E-state index is 11.2. The number of aromatic carboxylic acids is 1. The maximum atomic E-state index is 11.2. The third-order valence-electron chi connectivity index (χ3n) is 3.30. The predicted octanol–water partition coefficient (Wildman–Crippen LogP) is 2.86. The van der Waals surface area contributed by atoms with Gasteiger partial charge in [-0.05, 0) is 12.3 Å². The van der Waals surface area contributed by atoms with Crippen molar-refractivity contribution in [2.75, 3.05) is 19.1 Å². The molecule has 0 aromatic carbocycles. The Labute approximate surface area is 118 Å². The molecule has 0 saturated heterocycles. The van der Waals surface area contributed by atoms with E-state index in [1.165, 1.54) is 18.4 Å². The van der Waals surface area contributed by atoms with E-state index in [1.807, 2.05) is 11.9 Å². The van der Waals surface area contributed by atoms with Crippen LogP contribution in [0.15, 0.2) is 0 Å². The lowest BCUT2D eigenvalue weighted by atomic mass is 9.87. The lowest BCUT2D eigenvalue weighted by Gasteiger charge is -2.35. The zero-order valence-electron chi connectivity index (χ0n) is 12.4. The van der Waals surface area contributed by atoms with Gasteiger partial charge in [-0.3, -0.25) is 0 Å². The Hall–Kier alpha value is -1.14. The molecule has 0 spiro atoms. The maximum Gasteiger partial charge on any atom is 0.347 e. The van der Waals surface area contributed by atoms with Gasteiger partial charge in [0, 0.05) is 20.2 Å². The van der Waals surface area contributed by atoms with Gasteiger partial charge in [-0.2, -0.15) is 0 Å². The second kappa shape index (κ2) is 5.88. The molecule has 0 radical (unpaired) electrons. The SMILES string of the molecule is COCc1nc(N(C)C(C)C(C)(C)C)sc1C(=O)O. The minimum Gasteiger partial charge on any atom is -0.477 e. The fourth-order valence-corrected chi connectivity index (χ4v) is 2.59. The average Bonchev–Trinajstić information content (AvgIpc) is 2.70. The molecule has 1 unspecified atom stereocenters. The summed E-state index contributed by atoms with van der Waals surface area (Å²) in [7, 11) is 3.48. The van der Waals surface area contributed by atoms with Gasteiger partial charge in [0.25, 0.3) is 0 Å². The number of hydrogen-bond acceptors (Lipinski definition) is 5. The van der Waals surface area contributed by atoms with Crippen LogP contribution in [-0.2, 0) is 11.3 Å². The number of anilines is 1. The second-order valence-corrected chi connectivity index (χ2v) is 6.64. The number of carbonyl (C=O) groups is 1. The van der Waals surface area contributed by atoms with E-state index in [1.54, 1.807) is 0 Å². The van der Waals surface area contributed by atoms with E-state index < -0.39 is 5.97 Å². The number of methoxy groups -OCH3 is 1. The Morgan fingerprint density at radius 3 is 2.53 bits per heavy atom. The molecule has 0 amide bonds. The van der Waals surface area contributed by atoms with Crippen molar-refractivity contribution < 1.29 is 14.6 Å². The number of nitrogens with zero attached hydrogens (tertiary/aromatic N) is 2. The Bertz CT molecular complexity index is 451. The van der Waals surface area contributed by atoms with Crippen LogP contribution >= 0.6 is 11.3 Å². The molecule has 1 N–H and O–H groups in total. The van der Waals surface area contributed by atoms with Gasteiger partial charge in [0.2, 0.25) is 0 Å². The Morgan fingerprint density at radius 1 is 1.53 bits per heavy atom. The number of rotatable bonds is 5. The minimum absolute atomic E-state index is 0.0885. The summed E-state index contributed by atoms with van der Waals surface area (Å²) in [6.07, 6.45) is 0. The minimum atomic E-state index is -0.951. The van der Waals surface area contributed by atoms with E-state index in [4.69, 9.17) is 4.74 Å². The summed E-state index contributed by atoms with van der Waals surface area (Å²) in [6.45, 7) is 8.77. The molecule has 19 heavy (non-hydrogen) atoms. The van der Waals surface area contributed by atoms with Gasteiger partial charge in [-0.25, -0.2) is 9.78 Å². The molecule has 1 rings (SSSR count). The van der Waals surface area contributed by atoms with Crippen molar-refractivity contribution in [1.29, 1.82) is 0 Å². The summed E-state index contributed by atoms with van der Waals surface area (Å²) >= 11 is 1.20. The summed E-state index contributed by atoms with van der Waals surface area (Å²) in [5.74, 6) is -0.951. The molecule has 0 aliphatic rings. The highest BCUT2D eigenvalue weighted by molar-refractivity contribution is 7.17. The predicted molar refractivity (Wildman–Crippen MR) is 77.1 cm³/mol. The first-order valence-electron chi connectivity index (χ1n) is 6.13. The molecule has 0 saturated carbocycles. The third-order valence-corrected chi connectivity index (χ3v) is 4.47. The van der Waals surface area contributed by atoms with Gasteiger partial charge in [0.15, 0.2) is 5.13 Å². The van der Waals surface area contributed by atoms with Crippen LogP contribution in [0.2, 0.25) is 0 Å². The van der Waals surface area contributed by atoms with Crippen LogP contribution in [0.4, 0.5) is 5.13 Å². The van der Waals surface area contributed by atoms with E-state index in [9.17, 15) is 9.90 Å². The molecule has 1 aromatic heterocycles. The van der Waals surface area contributed by atoms with Gasteiger partial charge in [0.05, 0.1) is 12.3 Å². The first-order chi connectivity index (χ1) is 8.68. The van der Waals surface area contributed by atoms with Crippen molar-refractivity contribution in [3.05, 3.63) is 10.6 Å². The molecular weight excluding hydrogens is 264 g/mol. The van der Waals surface area contributed by atoms with E-state index in [0.717, 1.165) is 0 Å². The van der Waals surface area contributed by atoms with Gasteiger partial charge < -0.3 is 14.7 Å². The Kier molecular flexibility index (Phi) is 4.92. The number of thiazole rings is 1. The average molecular weight is 286 g/mol. The highest BCUT2D eigenvalue weighted by atomic mass is 32.1. The summed E-state index contributed by atoms with van der Waals surface area (Å²) < 4.78 is 5.00. The van der Waals surface area contributed by atoms with Crippen LogP contribution in [0.25, 0.3) is 0 Å². The molecule has 1 aromatic rings. The van der Waals surface area contributed by atoms with Crippen LogP contribution in [-0.4, -0.2) is 36.3 Å². The topological polar surface area (TPSA) is 62.7 Å². The zero-order valence-corrected chi connectivity index (χ0v) is 13.2. The summed E-state index contributed by atoms with van der Waals surface area (Å²) in [5.41, 5.74) is 0.577. The van der Waals surface area contributed by atoms with E-state index >= 15 is 0 Å².